The topological polar surface area (TPSA) is 79.4 Å². The standard InChI is InChI=1S/C21H22F3N5O2S/c1-12(2)31-15-11-14-16(32-20(26-14)29-8-6-25-7-9-29)10-13(15)19(30)28-18-5-3-4-17(27-18)21(22,23)24/h3-5,10-12,25H,6-9H2,1-2H3,(H,27,28,30). The monoisotopic (exact) mass is 465 g/mol. The number of ether oxygens (including phenoxy) is 1. The SMILES string of the molecule is CC(C)Oc1cc2nc(N3CCNCC3)sc2cc1C(=O)Nc1cccc(C(F)(F)F)n1. The molecule has 3 aromatic rings. The van der Waals surface area contributed by atoms with Gasteiger partial charge in [-0.1, -0.05) is 17.4 Å². The Hall–Kier alpha value is -2.92. The quantitative estimate of drug-likeness (QED) is 0.589. The molecule has 3 heterocycles. The molecule has 0 aliphatic carbocycles. The van der Waals surface area contributed by atoms with Gasteiger partial charge in [-0.3, -0.25) is 4.79 Å². The molecule has 4 rings (SSSR count). The number of amides is 1. The van der Waals surface area contributed by atoms with Gasteiger partial charge < -0.3 is 20.3 Å². The normalized spacial score (nSPS) is 14.8. The van der Waals surface area contributed by atoms with Crippen molar-refractivity contribution in [1.29, 1.82) is 0 Å². The molecule has 7 nitrogen and oxygen atoms in total. The molecule has 2 aromatic heterocycles. The fraction of sp³-hybridized carbons (Fsp3) is 0.381. The summed E-state index contributed by atoms with van der Waals surface area (Å²) in [6.07, 6.45) is -4.81. The van der Waals surface area contributed by atoms with E-state index in [1.165, 1.54) is 23.5 Å². The lowest BCUT2D eigenvalue weighted by atomic mass is 10.1. The first-order valence-electron chi connectivity index (χ1n) is 10.1. The van der Waals surface area contributed by atoms with Gasteiger partial charge in [-0.15, -0.1) is 0 Å². The van der Waals surface area contributed by atoms with Gasteiger partial charge >= 0.3 is 6.18 Å². The van der Waals surface area contributed by atoms with Gasteiger partial charge in [-0.25, -0.2) is 9.97 Å². The number of nitrogens with one attached hydrogen (secondary N) is 2. The Kier molecular flexibility index (Phi) is 6.20. The Morgan fingerprint density at radius 1 is 1.22 bits per heavy atom. The number of aromatic nitrogens is 2. The second-order valence-electron chi connectivity index (χ2n) is 7.58. The van der Waals surface area contributed by atoms with E-state index in [1.54, 1.807) is 12.1 Å². The summed E-state index contributed by atoms with van der Waals surface area (Å²) in [7, 11) is 0. The van der Waals surface area contributed by atoms with E-state index < -0.39 is 17.8 Å². The number of thiazole rings is 1. The van der Waals surface area contributed by atoms with Crippen LogP contribution in [-0.2, 0) is 6.18 Å². The molecule has 0 bridgehead atoms. The van der Waals surface area contributed by atoms with E-state index in [4.69, 9.17) is 9.72 Å². The highest BCUT2D eigenvalue weighted by atomic mass is 32.1. The number of piperazine rings is 1. The first kappa shape index (κ1) is 22.3. The number of fused-ring (bicyclic) bond motifs is 1. The van der Waals surface area contributed by atoms with Gasteiger partial charge in [0.2, 0.25) is 0 Å². The van der Waals surface area contributed by atoms with E-state index >= 15 is 0 Å². The number of carbonyl (C=O) groups excluding carboxylic acids is 1. The lowest BCUT2D eigenvalue weighted by molar-refractivity contribution is -0.141. The number of halogens is 3. The summed E-state index contributed by atoms with van der Waals surface area (Å²) in [5, 5.41) is 6.61. The van der Waals surface area contributed by atoms with Crippen LogP contribution in [-0.4, -0.2) is 48.2 Å². The zero-order valence-corrected chi connectivity index (χ0v) is 18.3. The van der Waals surface area contributed by atoms with Crippen molar-refractivity contribution in [3.05, 3.63) is 41.6 Å². The molecular weight excluding hydrogens is 443 g/mol. The predicted molar refractivity (Wildman–Crippen MR) is 118 cm³/mol. The third-order valence-electron chi connectivity index (χ3n) is 4.75. The summed E-state index contributed by atoms with van der Waals surface area (Å²) in [6, 6.07) is 6.72. The van der Waals surface area contributed by atoms with Crippen LogP contribution in [0.3, 0.4) is 0 Å². The minimum absolute atomic E-state index is 0.189. The lowest BCUT2D eigenvalue weighted by Gasteiger charge is -2.26. The smallest absolute Gasteiger partial charge is 0.433 e. The average molecular weight is 466 g/mol. The maximum atomic E-state index is 13.0. The number of hydrogen-bond donors (Lipinski definition) is 2. The molecule has 0 unspecified atom stereocenters. The molecule has 170 valence electrons. The Morgan fingerprint density at radius 2 is 1.97 bits per heavy atom. The number of carbonyl (C=O) groups is 1. The molecule has 11 heteroatoms. The molecule has 32 heavy (non-hydrogen) atoms. The summed E-state index contributed by atoms with van der Waals surface area (Å²) < 4.78 is 45.5. The van der Waals surface area contributed by atoms with E-state index in [0.29, 0.717) is 11.3 Å². The number of nitrogens with zero attached hydrogens (tertiary/aromatic N) is 3. The summed E-state index contributed by atoms with van der Waals surface area (Å²) >= 11 is 1.46. The highest BCUT2D eigenvalue weighted by Crippen LogP contribution is 2.35. The molecule has 1 fully saturated rings. The van der Waals surface area contributed by atoms with Crippen molar-refractivity contribution in [2.45, 2.75) is 26.1 Å². The number of rotatable bonds is 5. The summed E-state index contributed by atoms with van der Waals surface area (Å²) in [6.45, 7) is 7.07. The zero-order valence-electron chi connectivity index (χ0n) is 17.5. The average Bonchev–Trinajstić information content (AvgIpc) is 3.16. The third kappa shape index (κ3) is 4.94. The Morgan fingerprint density at radius 3 is 2.66 bits per heavy atom. The van der Waals surface area contributed by atoms with Crippen LogP contribution in [0.1, 0.15) is 29.9 Å². The van der Waals surface area contributed by atoms with Gasteiger partial charge in [0.1, 0.15) is 17.3 Å². The summed E-state index contributed by atoms with van der Waals surface area (Å²) in [5.41, 5.74) is -0.165. The van der Waals surface area contributed by atoms with Crippen LogP contribution in [0.5, 0.6) is 5.75 Å². The van der Waals surface area contributed by atoms with Gasteiger partial charge in [-0.2, -0.15) is 13.2 Å². The van der Waals surface area contributed by atoms with Crippen LogP contribution in [0.25, 0.3) is 10.2 Å². The van der Waals surface area contributed by atoms with Gasteiger partial charge in [0.05, 0.1) is 21.9 Å². The van der Waals surface area contributed by atoms with Crippen molar-refractivity contribution in [3.8, 4) is 5.75 Å². The second kappa shape index (κ2) is 8.91. The summed E-state index contributed by atoms with van der Waals surface area (Å²) in [4.78, 5) is 23.4. The van der Waals surface area contributed by atoms with Gasteiger partial charge in [0, 0.05) is 32.2 Å². The second-order valence-corrected chi connectivity index (χ2v) is 8.59. The molecule has 0 radical (unpaired) electrons. The van der Waals surface area contributed by atoms with E-state index in [1.807, 2.05) is 13.8 Å². The van der Waals surface area contributed by atoms with Gasteiger partial charge in [0.15, 0.2) is 5.13 Å². The van der Waals surface area contributed by atoms with E-state index in [2.05, 4.69) is 20.5 Å². The number of hydrogen-bond acceptors (Lipinski definition) is 7. The van der Waals surface area contributed by atoms with E-state index in [9.17, 15) is 18.0 Å². The molecule has 1 aliphatic rings. The Labute approximate surface area is 186 Å². The Bertz CT molecular complexity index is 1130. The molecule has 0 spiro atoms. The highest BCUT2D eigenvalue weighted by molar-refractivity contribution is 7.22. The van der Waals surface area contributed by atoms with E-state index in [-0.39, 0.29) is 17.5 Å². The number of anilines is 2. The van der Waals surface area contributed by atoms with Crippen molar-refractivity contribution in [3.63, 3.8) is 0 Å². The predicted octanol–water partition coefficient (Wildman–Crippen LogP) is 4.16. The van der Waals surface area contributed by atoms with Gasteiger partial charge in [0.25, 0.3) is 5.91 Å². The van der Waals surface area contributed by atoms with Crippen LogP contribution in [0.2, 0.25) is 0 Å². The molecule has 0 saturated carbocycles. The van der Waals surface area contributed by atoms with Crippen LogP contribution in [0.15, 0.2) is 30.3 Å². The number of benzene rings is 1. The van der Waals surface area contributed by atoms with Crippen molar-refractivity contribution in [1.82, 2.24) is 15.3 Å². The zero-order chi connectivity index (χ0) is 22.9. The molecule has 0 atom stereocenters. The van der Waals surface area contributed by atoms with Crippen LogP contribution >= 0.6 is 11.3 Å². The minimum Gasteiger partial charge on any atom is -0.490 e. The van der Waals surface area contributed by atoms with E-state index in [0.717, 1.165) is 42.1 Å². The fourth-order valence-electron chi connectivity index (χ4n) is 3.31. The number of alkyl halides is 3. The molecular formula is C21H22F3N5O2S. The first-order chi connectivity index (χ1) is 15.2. The highest BCUT2D eigenvalue weighted by Gasteiger charge is 2.32. The lowest BCUT2D eigenvalue weighted by Crippen LogP contribution is -2.43. The van der Waals surface area contributed by atoms with Gasteiger partial charge in [-0.05, 0) is 32.0 Å². The first-order valence-corrected chi connectivity index (χ1v) is 10.9. The van der Waals surface area contributed by atoms with Crippen molar-refractivity contribution in [2.75, 3.05) is 36.4 Å². The Balaban J connectivity index is 1.67. The number of pyridine rings is 1. The van der Waals surface area contributed by atoms with Crippen molar-refractivity contribution < 1.29 is 22.7 Å². The molecule has 1 saturated heterocycles. The van der Waals surface area contributed by atoms with Crippen molar-refractivity contribution in [2.24, 2.45) is 0 Å². The molecule has 2 N–H and O–H groups in total. The maximum Gasteiger partial charge on any atom is 0.433 e. The van der Waals surface area contributed by atoms with Crippen LogP contribution in [0.4, 0.5) is 24.1 Å². The fourth-order valence-corrected chi connectivity index (χ4v) is 4.35. The minimum atomic E-state index is -4.60. The molecule has 1 aromatic carbocycles. The van der Waals surface area contributed by atoms with Crippen LogP contribution in [0, 0.1) is 0 Å². The molecule has 1 amide bonds. The summed E-state index contributed by atoms with van der Waals surface area (Å²) in [5.74, 6) is -0.480. The molecule has 1 aliphatic heterocycles. The largest absolute Gasteiger partial charge is 0.490 e. The van der Waals surface area contributed by atoms with Crippen LogP contribution < -0.4 is 20.3 Å². The third-order valence-corrected chi connectivity index (χ3v) is 5.83. The maximum absolute atomic E-state index is 13.0. The van der Waals surface area contributed by atoms with Crippen molar-refractivity contribution >= 4 is 38.4 Å².